The Balaban J connectivity index is 0.000000234. The summed E-state index contributed by atoms with van der Waals surface area (Å²) in [6, 6.07) is 32.7. The van der Waals surface area contributed by atoms with Crippen LogP contribution in [0.2, 0.25) is 0 Å². The van der Waals surface area contributed by atoms with Gasteiger partial charge < -0.3 is 42.2 Å². The van der Waals surface area contributed by atoms with Crippen LogP contribution in [-0.4, -0.2) is 92.2 Å². The fourth-order valence-electron chi connectivity index (χ4n) is 8.00. The van der Waals surface area contributed by atoms with E-state index in [1.807, 2.05) is 0 Å². The van der Waals surface area contributed by atoms with Crippen LogP contribution in [0.4, 0.5) is 44.2 Å². The normalized spacial score (nSPS) is 11.7. The molecule has 9 aromatic rings. The van der Waals surface area contributed by atoms with Gasteiger partial charge in [-0.2, -0.15) is 0 Å². The van der Waals surface area contributed by atoms with Gasteiger partial charge in [0.25, 0.3) is 23.6 Å². The molecule has 0 saturated carbocycles. The lowest BCUT2D eigenvalue weighted by molar-refractivity contribution is -0.115. The highest BCUT2D eigenvalue weighted by molar-refractivity contribution is 5.97. The number of aromatic carboxylic acids is 1. The monoisotopic (exact) mass is 1340 g/mol. The van der Waals surface area contributed by atoms with Crippen LogP contribution >= 0.6 is 12.4 Å². The first-order chi connectivity index (χ1) is 45.1. The number of carbonyl (C=O) groups is 7. The molecule has 6 amide bonds. The molecule has 5 aromatic carbocycles. The van der Waals surface area contributed by atoms with Gasteiger partial charge in [-0.25, -0.2) is 71.4 Å². The Bertz CT molecular complexity index is 4110. The predicted molar refractivity (Wildman–Crippen MR) is 344 cm³/mol. The molecule has 0 aliphatic carbocycles. The van der Waals surface area contributed by atoms with E-state index in [1.54, 1.807) is 97.0 Å². The van der Waals surface area contributed by atoms with Gasteiger partial charge in [-0.05, 0) is 137 Å². The van der Waals surface area contributed by atoms with E-state index in [1.165, 1.54) is 110 Å². The number of benzene rings is 5. The molecule has 0 unspecified atom stereocenters. The zero-order chi connectivity index (χ0) is 69.4. The second kappa shape index (κ2) is 35.9. The molecular weight excluding hydrogens is 1280 g/mol. The summed E-state index contributed by atoms with van der Waals surface area (Å²) in [5.74, 6) is -4.60. The molecule has 0 aliphatic rings. The highest BCUT2D eigenvalue weighted by Crippen LogP contribution is 2.19. The third kappa shape index (κ3) is 25.0. The number of ether oxygens (including phenoxy) is 1. The number of anilines is 3. The maximum atomic E-state index is 13.0. The molecule has 0 bridgehead atoms. The number of carbonyl (C=O) groups excluding carboxylic acids is 6. The first kappa shape index (κ1) is 75.0. The van der Waals surface area contributed by atoms with Crippen molar-refractivity contribution in [2.75, 3.05) is 16.4 Å². The molecule has 4 aromatic heterocycles. The van der Waals surface area contributed by atoms with Crippen LogP contribution in [0.1, 0.15) is 153 Å². The molecule has 9 N–H and O–H groups in total. The Kier molecular flexibility index (Phi) is 28.0. The number of nitrogens with zero attached hydrogens (tertiary/aromatic N) is 8. The van der Waals surface area contributed by atoms with E-state index >= 15 is 0 Å². The summed E-state index contributed by atoms with van der Waals surface area (Å²) in [6.07, 6.45) is 3.94. The number of nitrogens with two attached hydrogens (primary N) is 1. The Morgan fingerprint density at radius 3 is 1.05 bits per heavy atom. The van der Waals surface area contributed by atoms with E-state index in [4.69, 9.17) is 15.6 Å². The smallest absolute Gasteiger partial charge is 0.413 e. The minimum Gasteiger partial charge on any atom is -0.477 e. The maximum Gasteiger partial charge on any atom is 0.413 e. The second-order valence-electron chi connectivity index (χ2n) is 21.5. The van der Waals surface area contributed by atoms with Gasteiger partial charge in [0.1, 0.15) is 100 Å². The van der Waals surface area contributed by atoms with Crippen LogP contribution in [0, 0.1) is 29.1 Å². The van der Waals surface area contributed by atoms with Gasteiger partial charge >= 0.3 is 12.1 Å². The van der Waals surface area contributed by atoms with Crippen molar-refractivity contribution in [2.24, 2.45) is 0 Å². The number of rotatable bonds is 17. The van der Waals surface area contributed by atoms with Crippen molar-refractivity contribution >= 4 is 71.5 Å². The van der Waals surface area contributed by atoms with Crippen LogP contribution in [0.3, 0.4) is 0 Å². The molecule has 24 nitrogen and oxygen atoms in total. The number of halogens is 6. The molecule has 0 spiro atoms. The summed E-state index contributed by atoms with van der Waals surface area (Å²) >= 11 is 0. The maximum absolute atomic E-state index is 13.0. The Labute approximate surface area is 553 Å². The van der Waals surface area contributed by atoms with Crippen molar-refractivity contribution in [1.29, 1.82) is 0 Å². The zero-order valence-electron chi connectivity index (χ0n) is 52.3. The van der Waals surface area contributed by atoms with Crippen LogP contribution in [0.5, 0.6) is 0 Å². The average molecular weight is 1340 g/mol. The van der Waals surface area contributed by atoms with Crippen molar-refractivity contribution in [1.82, 2.24) is 61.1 Å². The summed E-state index contributed by atoms with van der Waals surface area (Å²) in [4.78, 5) is 114. The largest absolute Gasteiger partial charge is 0.477 e. The highest BCUT2D eigenvalue weighted by atomic mass is 35.5. The Morgan fingerprint density at radius 2 is 0.719 bits per heavy atom. The molecule has 30 heteroatoms. The minimum absolute atomic E-state index is 0. The number of amides is 6. The van der Waals surface area contributed by atoms with Gasteiger partial charge in [0.15, 0.2) is 5.69 Å². The van der Waals surface area contributed by atoms with E-state index in [0.717, 1.165) is 34.6 Å². The highest BCUT2D eigenvalue weighted by Gasteiger charge is 2.21. The fourth-order valence-corrected chi connectivity index (χ4v) is 8.00. The lowest BCUT2D eigenvalue weighted by atomic mass is 10.1. The first-order valence-electron chi connectivity index (χ1n) is 28.6. The molecule has 9 rings (SSSR count). The third-order valence-corrected chi connectivity index (χ3v) is 12.9. The van der Waals surface area contributed by atoms with E-state index < -0.39 is 35.4 Å². The molecular formula is C66H65ClF5N15O9. The summed E-state index contributed by atoms with van der Waals surface area (Å²) in [5.41, 5.74) is 8.53. The van der Waals surface area contributed by atoms with Gasteiger partial charge in [-0.3, -0.25) is 29.3 Å². The molecule has 0 saturated heterocycles. The number of carboxylic acids is 1. The lowest BCUT2D eigenvalue weighted by Gasteiger charge is -2.19. The predicted octanol–water partition coefficient (Wildman–Crippen LogP) is 10.8. The standard InChI is InChI=1S/C21H18F2N4O2.C18H21FN4O3.C14H12FN3O3.C13H13FN4O.ClH/c1-13(15-4-8-17(23)9-5-15)26-21(29)18-11-19(25-12-24-18)27-20(28)10-14-2-6-16(22)7-3-14;1-11(12-5-7-13(19)8-6-12)22-16(24)14-9-15(21-10-20-14)23-17(25)26-18(2,3)4;1-8(9-2-4-10(15)5-3-9)18-13(19)11-6-12(14(20)21)17-7-16-11;1-8(9-2-4-10(14)5-3-9)18-13(19)11-6-12(15)17-7-16-11;/h2-9,11-13H,10H2,1H3,(H,26,29)(H,24,25,27,28);5-11H,1-4H3,(H,22,24)(H,20,21,23,25);2-8H,1H3,(H,18,19)(H,20,21);2-8H,1H3,(H,18,19)(H2,15,16,17);1H/t13-;11-;2*8-;/m0000./s1. The van der Waals surface area contributed by atoms with E-state index in [0.29, 0.717) is 5.56 Å². The Morgan fingerprint density at radius 1 is 0.427 bits per heavy atom. The number of aromatic nitrogens is 8. The zero-order valence-corrected chi connectivity index (χ0v) is 53.2. The summed E-state index contributed by atoms with van der Waals surface area (Å²) in [5, 5.41) is 24.8. The molecule has 500 valence electrons. The van der Waals surface area contributed by atoms with E-state index in [9.17, 15) is 55.5 Å². The number of nitrogens with one attached hydrogen (secondary N) is 6. The van der Waals surface area contributed by atoms with Gasteiger partial charge in [0.05, 0.1) is 30.6 Å². The summed E-state index contributed by atoms with van der Waals surface area (Å²) in [6.45, 7) is 12.3. The van der Waals surface area contributed by atoms with Gasteiger partial charge in [0.2, 0.25) is 5.91 Å². The van der Waals surface area contributed by atoms with Crippen molar-refractivity contribution < 1.29 is 65.4 Å². The number of nitrogen functional groups attached to an aromatic ring is 1. The van der Waals surface area contributed by atoms with Crippen LogP contribution in [0.15, 0.2) is 171 Å². The number of hydrogen-bond acceptors (Lipinski definition) is 17. The third-order valence-electron chi connectivity index (χ3n) is 12.9. The van der Waals surface area contributed by atoms with Crippen LogP contribution in [0.25, 0.3) is 0 Å². The fraction of sp³-hybridized carbons (Fsp3) is 0.197. The van der Waals surface area contributed by atoms with Crippen LogP contribution in [-0.2, 0) is 16.0 Å². The van der Waals surface area contributed by atoms with Gasteiger partial charge in [-0.15, -0.1) is 12.4 Å². The quantitative estimate of drug-likeness (QED) is 0.0393. The van der Waals surface area contributed by atoms with Gasteiger partial charge in [0, 0.05) is 24.3 Å². The second-order valence-corrected chi connectivity index (χ2v) is 21.5. The molecule has 4 heterocycles. The van der Waals surface area contributed by atoms with E-state index in [-0.39, 0.29) is 130 Å². The molecule has 4 atom stereocenters. The lowest BCUT2D eigenvalue weighted by Crippen LogP contribution is -2.29. The minimum atomic E-state index is -1.24. The first-order valence-corrected chi connectivity index (χ1v) is 28.6. The van der Waals surface area contributed by atoms with Gasteiger partial charge in [-0.1, -0.05) is 60.7 Å². The molecule has 96 heavy (non-hydrogen) atoms. The number of carboxylic acid groups (broad SMARTS) is 1. The summed E-state index contributed by atoms with van der Waals surface area (Å²) < 4.78 is 69.7. The summed E-state index contributed by atoms with van der Waals surface area (Å²) in [7, 11) is 0. The van der Waals surface area contributed by atoms with E-state index in [2.05, 4.69) is 71.8 Å². The van der Waals surface area contributed by atoms with Crippen molar-refractivity contribution in [3.63, 3.8) is 0 Å². The van der Waals surface area contributed by atoms with Crippen molar-refractivity contribution in [3.8, 4) is 0 Å². The average Bonchev–Trinajstić information content (AvgIpc) is 0.934. The SMILES string of the molecule is C[C@H](NC(=O)c1cc(C(=O)O)ncn1)c1ccc(F)cc1.C[C@H](NC(=O)c1cc(N)ncn1)c1ccc(F)cc1.C[C@H](NC(=O)c1cc(NC(=O)Cc2ccc(F)cc2)ncn1)c1ccc(F)cc1.C[C@H](NC(=O)c1cc(NC(=O)OC(C)(C)C)ncn1)c1ccc(F)cc1.Cl. The van der Waals surface area contributed by atoms with Crippen molar-refractivity contribution in [2.45, 2.75) is 84.7 Å². The van der Waals surface area contributed by atoms with Crippen LogP contribution < -0.4 is 37.6 Å². The Hall–Kier alpha value is -11.8. The topological polar surface area (TPSA) is 350 Å². The van der Waals surface area contributed by atoms with Crippen molar-refractivity contribution in [3.05, 3.63) is 256 Å². The number of hydrogen-bond donors (Lipinski definition) is 8. The molecule has 0 fully saturated rings. The molecule has 0 radical (unpaired) electrons. The molecule has 0 aliphatic heterocycles.